The number of hydrogen-bond donors (Lipinski definition) is 2. The van der Waals surface area contributed by atoms with Gasteiger partial charge < -0.3 is 10.1 Å². The number of methoxy groups -OCH3 is 1. The summed E-state index contributed by atoms with van der Waals surface area (Å²) in [7, 11) is 1.64. The number of H-pyrrole nitrogens is 1. The topological polar surface area (TPSA) is 79.9 Å². The van der Waals surface area contributed by atoms with Gasteiger partial charge in [0.25, 0.3) is 5.91 Å². The highest BCUT2D eigenvalue weighted by atomic mass is 16.5. The molecule has 0 saturated heterocycles. The number of carbonyl (C=O) groups excluding carboxylic acids is 1. The summed E-state index contributed by atoms with van der Waals surface area (Å²) in [5.74, 6) is 0.715. The van der Waals surface area contributed by atoms with Gasteiger partial charge in [0.05, 0.1) is 0 Å². The van der Waals surface area contributed by atoms with E-state index in [9.17, 15) is 4.79 Å². The van der Waals surface area contributed by atoms with Gasteiger partial charge in [-0.15, -0.1) is 5.10 Å². The fourth-order valence-electron chi connectivity index (χ4n) is 1.40. The van der Waals surface area contributed by atoms with Crippen LogP contribution in [0.3, 0.4) is 0 Å². The largest absolute Gasteiger partial charge is 0.385 e. The molecule has 96 valence electrons. The van der Waals surface area contributed by atoms with Crippen LogP contribution in [-0.4, -0.2) is 40.8 Å². The standard InChI is InChI=1S/C11H20N4O2/c1-4-5-9-13-10(15-14-9)11(16)12-8(2)6-7-17-3/h8H,4-7H2,1-3H3,(H,12,16)(H,13,14,15). The highest BCUT2D eigenvalue weighted by Crippen LogP contribution is 1.98. The minimum Gasteiger partial charge on any atom is -0.385 e. The van der Waals surface area contributed by atoms with Crippen molar-refractivity contribution in [2.75, 3.05) is 13.7 Å². The minimum atomic E-state index is -0.243. The van der Waals surface area contributed by atoms with Crippen LogP contribution >= 0.6 is 0 Å². The van der Waals surface area contributed by atoms with Gasteiger partial charge in [-0.2, -0.15) is 0 Å². The molecule has 0 bridgehead atoms. The molecule has 0 spiro atoms. The van der Waals surface area contributed by atoms with Gasteiger partial charge >= 0.3 is 0 Å². The third kappa shape index (κ3) is 4.52. The molecule has 0 aliphatic heterocycles. The third-order valence-electron chi connectivity index (χ3n) is 2.35. The van der Waals surface area contributed by atoms with Crippen LogP contribution in [0.25, 0.3) is 0 Å². The monoisotopic (exact) mass is 240 g/mol. The van der Waals surface area contributed by atoms with Crippen LogP contribution in [0, 0.1) is 0 Å². The number of aromatic amines is 1. The van der Waals surface area contributed by atoms with Gasteiger partial charge in [0, 0.05) is 26.2 Å². The van der Waals surface area contributed by atoms with E-state index in [1.165, 1.54) is 0 Å². The predicted molar refractivity (Wildman–Crippen MR) is 63.8 cm³/mol. The van der Waals surface area contributed by atoms with Crippen molar-refractivity contribution in [3.8, 4) is 0 Å². The molecule has 0 radical (unpaired) electrons. The van der Waals surface area contributed by atoms with Gasteiger partial charge in [-0.1, -0.05) is 6.92 Å². The number of aromatic nitrogens is 3. The lowest BCUT2D eigenvalue weighted by Gasteiger charge is -2.11. The van der Waals surface area contributed by atoms with Crippen molar-refractivity contribution in [3.63, 3.8) is 0 Å². The van der Waals surface area contributed by atoms with Gasteiger partial charge in [-0.25, -0.2) is 4.98 Å². The van der Waals surface area contributed by atoms with E-state index in [4.69, 9.17) is 4.74 Å². The van der Waals surface area contributed by atoms with Crippen molar-refractivity contribution in [2.24, 2.45) is 0 Å². The van der Waals surface area contributed by atoms with Crippen LogP contribution in [0.2, 0.25) is 0 Å². The molecule has 0 aliphatic rings. The lowest BCUT2D eigenvalue weighted by atomic mass is 10.2. The highest BCUT2D eigenvalue weighted by molar-refractivity contribution is 5.90. The SMILES string of the molecule is CCCc1nc(C(=O)NC(C)CCOC)n[nH]1. The van der Waals surface area contributed by atoms with E-state index in [1.807, 2.05) is 6.92 Å². The molecule has 1 aromatic rings. The zero-order valence-corrected chi connectivity index (χ0v) is 10.6. The number of hydrogen-bond acceptors (Lipinski definition) is 4. The molecule has 1 amide bonds. The van der Waals surface area contributed by atoms with E-state index >= 15 is 0 Å². The van der Waals surface area contributed by atoms with Crippen LogP contribution in [0.15, 0.2) is 0 Å². The molecule has 1 rings (SSSR count). The Morgan fingerprint density at radius 2 is 2.35 bits per heavy atom. The van der Waals surface area contributed by atoms with Crippen LogP contribution in [-0.2, 0) is 11.2 Å². The normalized spacial score (nSPS) is 12.4. The van der Waals surface area contributed by atoms with Crippen molar-refractivity contribution < 1.29 is 9.53 Å². The smallest absolute Gasteiger partial charge is 0.291 e. The number of ether oxygens (including phenoxy) is 1. The van der Waals surface area contributed by atoms with Crippen molar-refractivity contribution in [1.29, 1.82) is 0 Å². The van der Waals surface area contributed by atoms with Gasteiger partial charge in [-0.3, -0.25) is 9.89 Å². The molecule has 17 heavy (non-hydrogen) atoms. The molecule has 1 unspecified atom stereocenters. The Morgan fingerprint density at radius 1 is 1.59 bits per heavy atom. The van der Waals surface area contributed by atoms with Crippen molar-refractivity contribution in [3.05, 3.63) is 11.6 Å². The molecule has 2 N–H and O–H groups in total. The summed E-state index contributed by atoms with van der Waals surface area (Å²) in [6.07, 6.45) is 2.55. The maximum atomic E-state index is 11.7. The summed E-state index contributed by atoms with van der Waals surface area (Å²) in [6.45, 7) is 4.60. The fraction of sp³-hybridized carbons (Fsp3) is 0.727. The lowest BCUT2D eigenvalue weighted by Crippen LogP contribution is -2.34. The average Bonchev–Trinajstić information content (AvgIpc) is 2.75. The summed E-state index contributed by atoms with van der Waals surface area (Å²) in [5.41, 5.74) is 0. The summed E-state index contributed by atoms with van der Waals surface area (Å²) in [4.78, 5) is 15.9. The van der Waals surface area contributed by atoms with E-state index in [2.05, 4.69) is 27.4 Å². The van der Waals surface area contributed by atoms with Crippen LogP contribution in [0.5, 0.6) is 0 Å². The number of nitrogens with zero attached hydrogens (tertiary/aromatic N) is 2. The Labute approximate surface area is 101 Å². The van der Waals surface area contributed by atoms with Gasteiger partial charge in [0.2, 0.25) is 5.82 Å². The van der Waals surface area contributed by atoms with Gasteiger partial charge in [0.1, 0.15) is 5.82 Å². The van der Waals surface area contributed by atoms with Crippen LogP contribution in [0.4, 0.5) is 0 Å². The lowest BCUT2D eigenvalue weighted by molar-refractivity contribution is 0.0919. The molecular weight excluding hydrogens is 220 g/mol. The second-order valence-corrected chi connectivity index (χ2v) is 4.01. The Hall–Kier alpha value is -1.43. The number of carbonyl (C=O) groups is 1. The van der Waals surface area contributed by atoms with Crippen LogP contribution < -0.4 is 5.32 Å². The Kier molecular flexibility index (Phi) is 5.62. The fourth-order valence-corrected chi connectivity index (χ4v) is 1.40. The molecule has 1 aromatic heterocycles. The molecule has 6 nitrogen and oxygen atoms in total. The molecular formula is C11H20N4O2. The van der Waals surface area contributed by atoms with E-state index in [0.29, 0.717) is 6.61 Å². The molecule has 0 aliphatic carbocycles. The zero-order valence-electron chi connectivity index (χ0n) is 10.6. The first-order valence-corrected chi connectivity index (χ1v) is 5.88. The van der Waals surface area contributed by atoms with Crippen molar-refractivity contribution in [1.82, 2.24) is 20.5 Å². The Bertz CT molecular complexity index is 351. The molecule has 0 fully saturated rings. The number of nitrogens with one attached hydrogen (secondary N) is 2. The molecule has 6 heteroatoms. The summed E-state index contributed by atoms with van der Waals surface area (Å²) < 4.78 is 4.95. The van der Waals surface area contributed by atoms with Crippen molar-refractivity contribution in [2.45, 2.75) is 39.2 Å². The van der Waals surface area contributed by atoms with E-state index < -0.39 is 0 Å². The van der Waals surface area contributed by atoms with Crippen molar-refractivity contribution >= 4 is 5.91 Å². The van der Waals surface area contributed by atoms with Gasteiger partial charge in [0.15, 0.2) is 0 Å². The maximum Gasteiger partial charge on any atom is 0.291 e. The molecule has 0 saturated carbocycles. The van der Waals surface area contributed by atoms with Crippen LogP contribution in [0.1, 0.15) is 43.1 Å². The minimum absolute atomic E-state index is 0.0515. The maximum absolute atomic E-state index is 11.7. The first-order chi connectivity index (χ1) is 8.17. The quantitative estimate of drug-likeness (QED) is 0.742. The molecule has 1 heterocycles. The van der Waals surface area contributed by atoms with E-state index in [-0.39, 0.29) is 17.8 Å². The first-order valence-electron chi connectivity index (χ1n) is 5.88. The van der Waals surface area contributed by atoms with Gasteiger partial charge in [-0.05, 0) is 19.8 Å². The zero-order chi connectivity index (χ0) is 12.7. The predicted octanol–water partition coefficient (Wildman–Crippen LogP) is 0.912. The number of aryl methyl sites for hydroxylation is 1. The number of amides is 1. The molecule has 0 aromatic carbocycles. The summed E-state index contributed by atoms with van der Waals surface area (Å²) >= 11 is 0. The second kappa shape index (κ2) is 7.01. The summed E-state index contributed by atoms with van der Waals surface area (Å²) in [5, 5.41) is 9.47. The second-order valence-electron chi connectivity index (χ2n) is 4.01. The molecule has 1 atom stereocenters. The number of rotatable bonds is 7. The Morgan fingerprint density at radius 3 is 3.00 bits per heavy atom. The Balaban J connectivity index is 2.45. The van der Waals surface area contributed by atoms with E-state index in [0.717, 1.165) is 25.1 Å². The van der Waals surface area contributed by atoms with E-state index in [1.54, 1.807) is 7.11 Å². The average molecular weight is 240 g/mol. The highest BCUT2D eigenvalue weighted by Gasteiger charge is 2.14. The summed E-state index contributed by atoms with van der Waals surface area (Å²) in [6, 6.07) is 0.0515. The first kappa shape index (κ1) is 13.6. The third-order valence-corrected chi connectivity index (χ3v) is 2.35.